The van der Waals surface area contributed by atoms with Gasteiger partial charge >= 0.3 is 0 Å². The predicted octanol–water partition coefficient (Wildman–Crippen LogP) is 2.68. The van der Waals surface area contributed by atoms with Gasteiger partial charge in [-0.3, -0.25) is 0 Å². The summed E-state index contributed by atoms with van der Waals surface area (Å²) in [5.74, 6) is 1.20. The number of hydrogen-bond donors (Lipinski definition) is 2. The van der Waals surface area contributed by atoms with Crippen molar-refractivity contribution in [3.05, 3.63) is 29.8 Å². The fraction of sp³-hybridized carbons (Fsp3) is 0.562. The average Bonchev–Trinajstić information content (AvgIpc) is 2.46. The maximum atomic E-state index is 8.77. The third-order valence-electron chi connectivity index (χ3n) is 3.78. The van der Waals surface area contributed by atoms with Gasteiger partial charge in [0, 0.05) is 17.5 Å². The van der Waals surface area contributed by atoms with E-state index in [2.05, 4.69) is 23.2 Å². The lowest BCUT2D eigenvalue weighted by Crippen LogP contribution is -2.32. The first-order valence-electron chi connectivity index (χ1n) is 7.19. The molecule has 1 aromatic carbocycles. The maximum absolute atomic E-state index is 8.77. The maximum Gasteiger partial charge on any atom is 0.144 e. The van der Waals surface area contributed by atoms with Gasteiger partial charge in [-0.15, -0.1) is 0 Å². The molecule has 0 unspecified atom stereocenters. The van der Waals surface area contributed by atoms with Crippen molar-refractivity contribution in [2.24, 2.45) is 16.3 Å². The van der Waals surface area contributed by atoms with Crippen molar-refractivity contribution in [3.8, 4) is 5.75 Å². The summed E-state index contributed by atoms with van der Waals surface area (Å²) in [6.07, 6.45) is 1.86. The molecule has 0 aliphatic heterocycles. The predicted molar refractivity (Wildman–Crippen MR) is 85.8 cm³/mol. The monoisotopic (exact) mass is 293 g/mol. The van der Waals surface area contributed by atoms with E-state index in [1.54, 1.807) is 7.11 Å². The molecule has 0 atom stereocenters. The highest BCUT2D eigenvalue weighted by atomic mass is 16.5. The third-order valence-corrected chi connectivity index (χ3v) is 3.78. The highest BCUT2D eigenvalue weighted by Gasteiger charge is 2.23. The van der Waals surface area contributed by atoms with Gasteiger partial charge in [-0.1, -0.05) is 37.2 Å². The smallest absolute Gasteiger partial charge is 0.144 e. The molecule has 118 valence electrons. The summed E-state index contributed by atoms with van der Waals surface area (Å²) in [7, 11) is 3.78. The van der Waals surface area contributed by atoms with Crippen molar-refractivity contribution < 1.29 is 9.94 Å². The molecule has 0 radical (unpaired) electrons. The van der Waals surface area contributed by atoms with Crippen LogP contribution in [0.15, 0.2) is 29.4 Å². The number of ether oxygens (including phenoxy) is 1. The molecule has 0 spiro atoms. The zero-order chi connectivity index (χ0) is 15.9. The van der Waals surface area contributed by atoms with Gasteiger partial charge < -0.3 is 20.6 Å². The summed E-state index contributed by atoms with van der Waals surface area (Å²) < 4.78 is 5.36. The highest BCUT2D eigenvalue weighted by Crippen LogP contribution is 2.23. The number of amidine groups is 1. The van der Waals surface area contributed by atoms with Crippen LogP contribution in [-0.4, -0.2) is 36.6 Å². The summed E-state index contributed by atoms with van der Waals surface area (Å²) in [5, 5.41) is 11.9. The number of para-hydroxylation sites is 1. The topological polar surface area (TPSA) is 71.1 Å². The summed E-state index contributed by atoms with van der Waals surface area (Å²) >= 11 is 0. The van der Waals surface area contributed by atoms with E-state index in [0.717, 1.165) is 31.7 Å². The lowest BCUT2D eigenvalue weighted by Gasteiger charge is -2.24. The van der Waals surface area contributed by atoms with Crippen LogP contribution in [0.4, 0.5) is 0 Å². The molecule has 21 heavy (non-hydrogen) atoms. The van der Waals surface area contributed by atoms with Crippen molar-refractivity contribution in [3.63, 3.8) is 0 Å². The molecule has 0 fully saturated rings. The van der Waals surface area contributed by atoms with Gasteiger partial charge in [0.2, 0.25) is 0 Å². The van der Waals surface area contributed by atoms with Gasteiger partial charge in [0.15, 0.2) is 0 Å². The summed E-state index contributed by atoms with van der Waals surface area (Å²) in [4.78, 5) is 2.25. The van der Waals surface area contributed by atoms with Crippen LogP contribution in [0.2, 0.25) is 0 Å². The Bertz CT molecular complexity index is 472. The minimum absolute atomic E-state index is 0.278. The van der Waals surface area contributed by atoms with Gasteiger partial charge in [-0.2, -0.15) is 0 Å². The van der Waals surface area contributed by atoms with Crippen LogP contribution in [0.5, 0.6) is 5.75 Å². The van der Waals surface area contributed by atoms with Gasteiger partial charge in [-0.25, -0.2) is 0 Å². The second-order valence-corrected chi connectivity index (χ2v) is 6.02. The Morgan fingerprint density at radius 1 is 1.38 bits per heavy atom. The molecule has 0 aliphatic rings. The van der Waals surface area contributed by atoms with Gasteiger partial charge in [0.25, 0.3) is 0 Å². The first kappa shape index (κ1) is 17.3. The zero-order valence-corrected chi connectivity index (χ0v) is 13.5. The molecular formula is C16H27N3O2. The van der Waals surface area contributed by atoms with Crippen molar-refractivity contribution >= 4 is 5.84 Å². The van der Waals surface area contributed by atoms with Crippen LogP contribution >= 0.6 is 0 Å². The molecule has 0 bridgehead atoms. The summed E-state index contributed by atoms with van der Waals surface area (Å²) in [5.41, 5.74) is 6.60. The van der Waals surface area contributed by atoms with Crippen LogP contribution in [0.3, 0.4) is 0 Å². The lowest BCUT2D eigenvalue weighted by atomic mass is 9.86. The van der Waals surface area contributed by atoms with Gasteiger partial charge in [-0.05, 0) is 32.5 Å². The zero-order valence-electron chi connectivity index (χ0n) is 13.5. The lowest BCUT2D eigenvalue weighted by molar-refractivity contribution is 0.284. The highest BCUT2D eigenvalue weighted by molar-refractivity contribution is 5.85. The van der Waals surface area contributed by atoms with E-state index in [9.17, 15) is 0 Å². The van der Waals surface area contributed by atoms with E-state index in [-0.39, 0.29) is 11.3 Å². The molecule has 0 amide bonds. The number of benzene rings is 1. The van der Waals surface area contributed by atoms with Crippen molar-refractivity contribution in [1.82, 2.24) is 4.90 Å². The quantitative estimate of drug-likeness (QED) is 0.334. The Hall–Kier alpha value is -1.75. The normalized spacial score (nSPS) is 12.7. The standard InChI is InChI=1S/C16H27N3O2/c1-16(2,15(17)18-20)10-7-11-19(3)12-13-8-5-6-9-14(13)21-4/h5-6,8-9,20H,7,10-12H2,1-4H3,(H2,17,18). The molecule has 0 heterocycles. The number of hydrogen-bond acceptors (Lipinski definition) is 4. The molecule has 1 rings (SSSR count). The number of nitrogens with two attached hydrogens (primary N) is 1. The van der Waals surface area contributed by atoms with E-state index >= 15 is 0 Å². The minimum Gasteiger partial charge on any atom is -0.496 e. The van der Waals surface area contributed by atoms with Gasteiger partial charge in [0.05, 0.1) is 7.11 Å². The van der Waals surface area contributed by atoms with Crippen LogP contribution in [-0.2, 0) is 6.54 Å². The molecule has 5 nitrogen and oxygen atoms in total. The minimum atomic E-state index is -0.278. The van der Waals surface area contributed by atoms with Crippen molar-refractivity contribution in [2.45, 2.75) is 33.2 Å². The largest absolute Gasteiger partial charge is 0.496 e. The Morgan fingerprint density at radius 2 is 2.05 bits per heavy atom. The van der Waals surface area contributed by atoms with E-state index < -0.39 is 0 Å². The van der Waals surface area contributed by atoms with Crippen LogP contribution < -0.4 is 10.5 Å². The average molecular weight is 293 g/mol. The van der Waals surface area contributed by atoms with E-state index in [4.69, 9.17) is 15.7 Å². The Morgan fingerprint density at radius 3 is 2.67 bits per heavy atom. The van der Waals surface area contributed by atoms with Crippen LogP contribution in [0, 0.1) is 5.41 Å². The van der Waals surface area contributed by atoms with Crippen LogP contribution in [0.25, 0.3) is 0 Å². The molecule has 0 aliphatic carbocycles. The molecule has 0 aromatic heterocycles. The fourth-order valence-electron chi connectivity index (χ4n) is 2.26. The third kappa shape index (κ3) is 5.27. The summed E-state index contributed by atoms with van der Waals surface area (Å²) in [6, 6.07) is 8.05. The van der Waals surface area contributed by atoms with Crippen molar-refractivity contribution in [2.75, 3.05) is 20.7 Å². The molecule has 0 saturated heterocycles. The molecule has 1 aromatic rings. The SMILES string of the molecule is COc1ccccc1CN(C)CCCC(C)(C)C(N)=NO. The van der Waals surface area contributed by atoms with Crippen molar-refractivity contribution in [1.29, 1.82) is 0 Å². The van der Waals surface area contributed by atoms with Gasteiger partial charge in [0.1, 0.15) is 11.6 Å². The molecule has 3 N–H and O–H groups in total. The number of rotatable bonds is 8. The Balaban J connectivity index is 2.46. The second kappa shape index (κ2) is 7.88. The Kier molecular flexibility index (Phi) is 6.49. The number of oxime groups is 1. The number of methoxy groups -OCH3 is 1. The summed E-state index contributed by atoms with van der Waals surface area (Å²) in [6.45, 7) is 5.76. The fourth-order valence-corrected chi connectivity index (χ4v) is 2.26. The molecular weight excluding hydrogens is 266 g/mol. The first-order chi connectivity index (χ1) is 9.90. The molecule has 5 heteroatoms. The van der Waals surface area contributed by atoms with E-state index in [1.165, 1.54) is 5.56 Å². The van der Waals surface area contributed by atoms with E-state index in [0.29, 0.717) is 0 Å². The molecule has 0 saturated carbocycles. The van der Waals surface area contributed by atoms with Crippen LogP contribution in [0.1, 0.15) is 32.3 Å². The second-order valence-electron chi connectivity index (χ2n) is 6.02. The Labute approximate surface area is 127 Å². The number of nitrogens with zero attached hydrogens (tertiary/aromatic N) is 2. The first-order valence-corrected chi connectivity index (χ1v) is 7.19. The van der Waals surface area contributed by atoms with E-state index in [1.807, 2.05) is 32.0 Å².